The molecule has 0 fully saturated rings. The van der Waals surface area contributed by atoms with Crippen molar-refractivity contribution in [1.82, 2.24) is 10.3 Å². The summed E-state index contributed by atoms with van der Waals surface area (Å²) in [4.78, 5) is 4.38. The molecule has 0 saturated carbocycles. The highest BCUT2D eigenvalue weighted by Crippen LogP contribution is 2.26. The fraction of sp³-hybridized carbons (Fsp3) is 0.308. The van der Waals surface area contributed by atoms with Crippen molar-refractivity contribution in [3.63, 3.8) is 0 Å². The van der Waals surface area contributed by atoms with Crippen LogP contribution in [-0.4, -0.2) is 19.1 Å². The average Bonchev–Trinajstić information content (AvgIpc) is 2.86. The van der Waals surface area contributed by atoms with E-state index in [2.05, 4.69) is 22.4 Å². The first-order chi connectivity index (χ1) is 8.36. The molecule has 1 N–H and O–H groups in total. The molecule has 0 spiro atoms. The number of hydrogen-bond donors (Lipinski definition) is 1. The topological polar surface area (TPSA) is 34.2 Å². The second-order valence-electron chi connectivity index (χ2n) is 3.72. The number of nitrogens with zero attached hydrogens (tertiary/aromatic N) is 1. The first-order valence-electron chi connectivity index (χ1n) is 5.50. The van der Waals surface area contributed by atoms with E-state index in [4.69, 9.17) is 4.74 Å². The molecule has 0 aliphatic rings. The highest BCUT2D eigenvalue weighted by Gasteiger charge is 2.17. The largest absolute Gasteiger partial charge is 0.380 e. The molecule has 3 nitrogen and oxygen atoms in total. The Morgan fingerprint density at radius 1 is 1.41 bits per heavy atom. The smallest absolute Gasteiger partial charge is 0.114 e. The van der Waals surface area contributed by atoms with Gasteiger partial charge in [0.2, 0.25) is 0 Å². The molecule has 0 radical (unpaired) electrons. The molecule has 4 heteroatoms. The zero-order valence-electron chi connectivity index (χ0n) is 10.0. The van der Waals surface area contributed by atoms with E-state index in [-0.39, 0.29) is 6.04 Å². The lowest BCUT2D eigenvalue weighted by molar-refractivity contribution is 0.184. The van der Waals surface area contributed by atoms with Crippen LogP contribution in [0.5, 0.6) is 0 Å². The highest BCUT2D eigenvalue weighted by atomic mass is 32.1. The van der Waals surface area contributed by atoms with Crippen LogP contribution in [-0.2, 0) is 11.3 Å². The van der Waals surface area contributed by atoms with Crippen LogP contribution in [0.4, 0.5) is 0 Å². The maximum atomic E-state index is 5.24. The number of rotatable bonds is 5. The Kier molecular flexibility index (Phi) is 4.25. The maximum Gasteiger partial charge on any atom is 0.114 e. The zero-order chi connectivity index (χ0) is 12.1. The van der Waals surface area contributed by atoms with Crippen molar-refractivity contribution in [2.45, 2.75) is 12.6 Å². The Labute approximate surface area is 105 Å². The van der Waals surface area contributed by atoms with Crippen LogP contribution in [0.15, 0.2) is 35.8 Å². The van der Waals surface area contributed by atoms with Gasteiger partial charge in [-0.2, -0.15) is 0 Å². The van der Waals surface area contributed by atoms with Crippen LogP contribution < -0.4 is 5.32 Å². The molecule has 1 unspecified atom stereocenters. The van der Waals surface area contributed by atoms with Crippen LogP contribution in [0.2, 0.25) is 0 Å². The SMILES string of the molecule is CNC(c1nccs1)c1ccccc1COC. The summed E-state index contributed by atoms with van der Waals surface area (Å²) in [6, 6.07) is 8.44. The quantitative estimate of drug-likeness (QED) is 0.883. The minimum absolute atomic E-state index is 0.140. The lowest BCUT2D eigenvalue weighted by Crippen LogP contribution is -2.19. The van der Waals surface area contributed by atoms with Gasteiger partial charge in [0.25, 0.3) is 0 Å². The van der Waals surface area contributed by atoms with Crippen molar-refractivity contribution >= 4 is 11.3 Å². The van der Waals surface area contributed by atoms with E-state index in [1.54, 1.807) is 18.4 Å². The molecule has 1 aromatic heterocycles. The van der Waals surface area contributed by atoms with Crippen LogP contribution in [0, 0.1) is 0 Å². The molecule has 17 heavy (non-hydrogen) atoms. The number of hydrogen-bond acceptors (Lipinski definition) is 4. The third kappa shape index (κ3) is 2.72. The molecule has 0 bridgehead atoms. The molecule has 2 rings (SSSR count). The molecule has 0 aliphatic heterocycles. The number of ether oxygens (including phenoxy) is 1. The van der Waals surface area contributed by atoms with Crippen molar-refractivity contribution in [2.24, 2.45) is 0 Å². The molecule has 0 amide bonds. The van der Waals surface area contributed by atoms with Gasteiger partial charge in [-0.15, -0.1) is 11.3 Å². The van der Waals surface area contributed by atoms with E-state index >= 15 is 0 Å². The maximum absolute atomic E-state index is 5.24. The van der Waals surface area contributed by atoms with Gasteiger partial charge in [0.05, 0.1) is 12.6 Å². The summed E-state index contributed by atoms with van der Waals surface area (Å²) in [7, 11) is 3.67. The van der Waals surface area contributed by atoms with Gasteiger partial charge in [0, 0.05) is 18.7 Å². The zero-order valence-corrected chi connectivity index (χ0v) is 10.8. The molecular weight excluding hydrogens is 232 g/mol. The normalized spacial score (nSPS) is 12.6. The Morgan fingerprint density at radius 3 is 2.88 bits per heavy atom. The van der Waals surface area contributed by atoms with E-state index in [1.807, 2.05) is 30.8 Å². The van der Waals surface area contributed by atoms with E-state index in [1.165, 1.54) is 11.1 Å². The van der Waals surface area contributed by atoms with Crippen molar-refractivity contribution in [3.05, 3.63) is 52.0 Å². The van der Waals surface area contributed by atoms with Crippen molar-refractivity contribution in [1.29, 1.82) is 0 Å². The lowest BCUT2D eigenvalue weighted by Gasteiger charge is -2.17. The molecule has 1 heterocycles. The van der Waals surface area contributed by atoms with E-state index < -0.39 is 0 Å². The minimum Gasteiger partial charge on any atom is -0.380 e. The molecule has 1 atom stereocenters. The van der Waals surface area contributed by atoms with Crippen LogP contribution >= 0.6 is 11.3 Å². The fourth-order valence-electron chi connectivity index (χ4n) is 1.89. The summed E-state index contributed by atoms with van der Waals surface area (Å²) in [6.45, 7) is 0.625. The second kappa shape index (κ2) is 5.91. The van der Waals surface area contributed by atoms with Gasteiger partial charge >= 0.3 is 0 Å². The van der Waals surface area contributed by atoms with Crippen molar-refractivity contribution in [3.8, 4) is 0 Å². The predicted molar refractivity (Wildman–Crippen MR) is 70.2 cm³/mol. The summed E-state index contributed by atoms with van der Waals surface area (Å²) < 4.78 is 5.24. The number of aromatic nitrogens is 1. The van der Waals surface area contributed by atoms with Crippen molar-refractivity contribution < 1.29 is 4.74 Å². The van der Waals surface area contributed by atoms with E-state index in [9.17, 15) is 0 Å². The number of methoxy groups -OCH3 is 1. The second-order valence-corrected chi connectivity index (χ2v) is 4.65. The molecule has 1 aromatic carbocycles. The Hall–Kier alpha value is -1.23. The summed E-state index contributed by atoms with van der Waals surface area (Å²) in [6.07, 6.45) is 1.84. The monoisotopic (exact) mass is 248 g/mol. The van der Waals surface area contributed by atoms with E-state index in [0.717, 1.165) is 5.01 Å². The Morgan fingerprint density at radius 2 is 2.24 bits per heavy atom. The summed E-state index contributed by atoms with van der Waals surface area (Å²) >= 11 is 1.66. The predicted octanol–water partition coefficient (Wildman–Crippen LogP) is 2.60. The van der Waals surface area contributed by atoms with Crippen molar-refractivity contribution in [2.75, 3.05) is 14.2 Å². The molecule has 0 saturated heterocycles. The highest BCUT2D eigenvalue weighted by molar-refractivity contribution is 7.09. The summed E-state index contributed by atoms with van der Waals surface area (Å²) in [5.41, 5.74) is 2.43. The number of thiazole rings is 1. The number of nitrogens with one attached hydrogen (secondary N) is 1. The molecule has 0 aliphatic carbocycles. The number of benzene rings is 1. The van der Waals surface area contributed by atoms with E-state index in [0.29, 0.717) is 6.61 Å². The van der Waals surface area contributed by atoms with Gasteiger partial charge in [-0.3, -0.25) is 0 Å². The van der Waals surface area contributed by atoms with Gasteiger partial charge < -0.3 is 10.1 Å². The van der Waals surface area contributed by atoms with Gasteiger partial charge in [-0.25, -0.2) is 4.98 Å². The lowest BCUT2D eigenvalue weighted by atomic mass is 10.0. The van der Waals surface area contributed by atoms with Crippen LogP contribution in [0.3, 0.4) is 0 Å². The minimum atomic E-state index is 0.140. The Balaban J connectivity index is 2.37. The fourth-order valence-corrected chi connectivity index (χ4v) is 2.66. The van der Waals surface area contributed by atoms with Gasteiger partial charge in [-0.1, -0.05) is 24.3 Å². The Bertz CT molecular complexity index is 456. The third-order valence-electron chi connectivity index (χ3n) is 2.65. The van der Waals surface area contributed by atoms with Gasteiger partial charge in [0.1, 0.15) is 5.01 Å². The molecular formula is C13H16N2OS. The molecule has 2 aromatic rings. The standard InChI is InChI=1S/C13H16N2OS/c1-14-12(13-15-7-8-17-13)11-6-4-3-5-10(11)9-16-2/h3-8,12,14H,9H2,1-2H3. The molecule has 90 valence electrons. The first-order valence-corrected chi connectivity index (χ1v) is 6.38. The third-order valence-corrected chi connectivity index (χ3v) is 3.49. The van der Waals surface area contributed by atoms with Crippen LogP contribution in [0.25, 0.3) is 0 Å². The average molecular weight is 248 g/mol. The first kappa shape index (κ1) is 12.2. The summed E-state index contributed by atoms with van der Waals surface area (Å²) in [5.74, 6) is 0. The summed E-state index contributed by atoms with van der Waals surface area (Å²) in [5, 5.41) is 6.39. The van der Waals surface area contributed by atoms with Crippen LogP contribution in [0.1, 0.15) is 22.2 Å². The van der Waals surface area contributed by atoms with Gasteiger partial charge in [0.15, 0.2) is 0 Å². The van der Waals surface area contributed by atoms with Gasteiger partial charge in [-0.05, 0) is 18.2 Å².